The second-order valence-corrected chi connectivity index (χ2v) is 5.74. The average molecular weight is 326 g/mol. The monoisotopic (exact) mass is 326 g/mol. The largest absolute Gasteiger partial charge is 0.498 e. The lowest BCUT2D eigenvalue weighted by atomic mass is 10.0. The van der Waals surface area contributed by atoms with Crippen molar-refractivity contribution in [1.29, 1.82) is 0 Å². The zero-order valence-corrected chi connectivity index (χ0v) is 13.5. The Bertz CT molecular complexity index is 639. The van der Waals surface area contributed by atoms with Gasteiger partial charge < -0.3 is 19.3 Å². The van der Waals surface area contributed by atoms with Crippen LogP contribution in [-0.4, -0.2) is 30.5 Å². The van der Waals surface area contributed by atoms with Crippen LogP contribution in [0.2, 0.25) is 0 Å². The Morgan fingerprint density at radius 3 is 2.04 bits per heavy atom. The van der Waals surface area contributed by atoms with E-state index in [1.807, 2.05) is 60.7 Å². The number of aliphatic hydroxyl groups is 1. The highest BCUT2D eigenvalue weighted by Gasteiger charge is 2.30. The van der Waals surface area contributed by atoms with Crippen LogP contribution in [0.15, 0.2) is 72.5 Å². The molecule has 0 unspecified atom stereocenters. The average Bonchev–Trinajstić information content (AvgIpc) is 2.66. The molecule has 1 aliphatic heterocycles. The van der Waals surface area contributed by atoms with Crippen molar-refractivity contribution in [3.8, 4) is 0 Å². The molecule has 4 nitrogen and oxygen atoms in total. The molecule has 0 fully saturated rings. The van der Waals surface area contributed by atoms with E-state index in [0.29, 0.717) is 25.4 Å². The predicted octanol–water partition coefficient (Wildman–Crippen LogP) is 3.06. The Balaban J connectivity index is 1.63. The van der Waals surface area contributed by atoms with Gasteiger partial charge in [-0.15, -0.1) is 0 Å². The van der Waals surface area contributed by atoms with Gasteiger partial charge in [-0.3, -0.25) is 0 Å². The Hall–Kier alpha value is -2.14. The summed E-state index contributed by atoms with van der Waals surface area (Å²) in [6.45, 7) is 1.26. The third-order valence-corrected chi connectivity index (χ3v) is 3.96. The summed E-state index contributed by atoms with van der Waals surface area (Å²) in [4.78, 5) is 0. The molecule has 24 heavy (non-hydrogen) atoms. The van der Waals surface area contributed by atoms with Gasteiger partial charge in [0.25, 0.3) is 0 Å². The predicted molar refractivity (Wildman–Crippen MR) is 91.2 cm³/mol. The number of hydrogen-bond acceptors (Lipinski definition) is 4. The maximum absolute atomic E-state index is 9.58. The van der Waals surface area contributed by atoms with Gasteiger partial charge in [0.1, 0.15) is 18.8 Å². The smallest absolute Gasteiger partial charge is 0.122 e. The van der Waals surface area contributed by atoms with E-state index in [-0.39, 0.29) is 18.8 Å². The van der Waals surface area contributed by atoms with Crippen LogP contribution < -0.4 is 0 Å². The van der Waals surface area contributed by atoms with Crippen LogP contribution in [0.5, 0.6) is 0 Å². The summed E-state index contributed by atoms with van der Waals surface area (Å²) in [6, 6.07) is 20.0. The van der Waals surface area contributed by atoms with Crippen molar-refractivity contribution in [2.75, 3.05) is 13.2 Å². The Labute approximate surface area is 142 Å². The molecule has 2 aromatic rings. The van der Waals surface area contributed by atoms with Crippen molar-refractivity contribution in [3.63, 3.8) is 0 Å². The summed E-state index contributed by atoms with van der Waals surface area (Å²) in [7, 11) is 0. The van der Waals surface area contributed by atoms with E-state index in [4.69, 9.17) is 14.2 Å². The van der Waals surface area contributed by atoms with Crippen molar-refractivity contribution < 1.29 is 19.3 Å². The summed E-state index contributed by atoms with van der Waals surface area (Å²) in [5.41, 5.74) is 2.89. The summed E-state index contributed by atoms with van der Waals surface area (Å²) >= 11 is 0. The van der Waals surface area contributed by atoms with Gasteiger partial charge in [0.2, 0.25) is 0 Å². The molecule has 2 aromatic carbocycles. The molecule has 3 rings (SSSR count). The fourth-order valence-electron chi connectivity index (χ4n) is 2.66. The van der Waals surface area contributed by atoms with Gasteiger partial charge in [-0.05, 0) is 11.1 Å². The van der Waals surface area contributed by atoms with Crippen molar-refractivity contribution in [1.82, 2.24) is 0 Å². The molecular formula is C20H22O4. The molecule has 2 atom stereocenters. The number of rotatable bonds is 7. The van der Waals surface area contributed by atoms with Crippen LogP contribution in [0.25, 0.3) is 0 Å². The molecule has 0 bridgehead atoms. The molecule has 4 heteroatoms. The molecule has 0 spiro atoms. The maximum Gasteiger partial charge on any atom is 0.122 e. The van der Waals surface area contributed by atoms with E-state index in [2.05, 4.69) is 0 Å². The molecule has 0 aliphatic carbocycles. The highest BCUT2D eigenvalue weighted by atomic mass is 16.6. The SMILES string of the molecule is OCC1=COC[C@H](OCc2ccccc2)[C@@H]1OCc1ccccc1. The van der Waals surface area contributed by atoms with Crippen molar-refractivity contribution in [2.24, 2.45) is 0 Å². The highest BCUT2D eigenvalue weighted by Crippen LogP contribution is 2.22. The van der Waals surface area contributed by atoms with Crippen molar-refractivity contribution in [3.05, 3.63) is 83.6 Å². The summed E-state index contributed by atoms with van der Waals surface area (Å²) in [5.74, 6) is 0. The molecule has 126 valence electrons. The third kappa shape index (κ3) is 4.45. The lowest BCUT2D eigenvalue weighted by Crippen LogP contribution is -2.40. The zero-order valence-electron chi connectivity index (χ0n) is 13.5. The number of benzene rings is 2. The van der Waals surface area contributed by atoms with Crippen molar-refractivity contribution in [2.45, 2.75) is 25.4 Å². The Morgan fingerprint density at radius 2 is 1.46 bits per heavy atom. The second kappa shape index (κ2) is 8.64. The van der Waals surface area contributed by atoms with E-state index in [0.717, 1.165) is 11.1 Å². The quantitative estimate of drug-likeness (QED) is 0.849. The highest BCUT2D eigenvalue weighted by molar-refractivity contribution is 5.16. The van der Waals surface area contributed by atoms with Crippen LogP contribution in [0.4, 0.5) is 0 Å². The molecule has 1 aliphatic rings. The van der Waals surface area contributed by atoms with Gasteiger partial charge in [0.15, 0.2) is 0 Å². The molecule has 1 N–H and O–H groups in total. The lowest BCUT2D eigenvalue weighted by Gasteiger charge is -2.31. The molecular weight excluding hydrogens is 304 g/mol. The van der Waals surface area contributed by atoms with Crippen LogP contribution >= 0.6 is 0 Å². The normalized spacial score (nSPS) is 20.3. The first-order chi connectivity index (χ1) is 11.9. The minimum absolute atomic E-state index is 0.106. The van der Waals surface area contributed by atoms with Gasteiger partial charge >= 0.3 is 0 Å². The maximum atomic E-state index is 9.58. The topological polar surface area (TPSA) is 47.9 Å². The van der Waals surface area contributed by atoms with Gasteiger partial charge in [0.05, 0.1) is 26.1 Å². The second-order valence-electron chi connectivity index (χ2n) is 5.74. The standard InChI is InChI=1S/C20H22O4/c21-11-18-14-22-15-19(23-12-16-7-3-1-4-8-16)20(18)24-13-17-9-5-2-6-10-17/h1-10,14,19-21H,11-13,15H2/t19-,20+/m0/s1. The summed E-state index contributed by atoms with van der Waals surface area (Å²) in [6.07, 6.45) is 1.02. The zero-order chi connectivity index (χ0) is 16.6. The summed E-state index contributed by atoms with van der Waals surface area (Å²) < 4.78 is 17.5. The van der Waals surface area contributed by atoms with E-state index < -0.39 is 0 Å². The molecule has 0 aromatic heterocycles. The van der Waals surface area contributed by atoms with Gasteiger partial charge in [-0.25, -0.2) is 0 Å². The first-order valence-corrected chi connectivity index (χ1v) is 8.09. The first kappa shape index (κ1) is 16.7. The first-order valence-electron chi connectivity index (χ1n) is 8.09. The number of ether oxygens (including phenoxy) is 3. The van der Waals surface area contributed by atoms with Crippen LogP contribution in [0.1, 0.15) is 11.1 Å². The van der Waals surface area contributed by atoms with E-state index in [9.17, 15) is 5.11 Å². The van der Waals surface area contributed by atoms with Crippen LogP contribution in [0.3, 0.4) is 0 Å². The molecule has 0 saturated heterocycles. The minimum atomic E-state index is -0.312. The fraction of sp³-hybridized carbons (Fsp3) is 0.300. The molecule has 1 heterocycles. The van der Waals surface area contributed by atoms with E-state index in [1.54, 1.807) is 6.26 Å². The third-order valence-electron chi connectivity index (χ3n) is 3.96. The van der Waals surface area contributed by atoms with Gasteiger partial charge in [-0.2, -0.15) is 0 Å². The molecule has 0 amide bonds. The van der Waals surface area contributed by atoms with E-state index in [1.165, 1.54) is 0 Å². The van der Waals surface area contributed by atoms with E-state index >= 15 is 0 Å². The van der Waals surface area contributed by atoms with Gasteiger partial charge in [-0.1, -0.05) is 60.7 Å². The molecule has 0 radical (unpaired) electrons. The fourth-order valence-corrected chi connectivity index (χ4v) is 2.66. The Kier molecular flexibility index (Phi) is 6.01. The Morgan fingerprint density at radius 1 is 0.875 bits per heavy atom. The molecule has 0 saturated carbocycles. The summed E-state index contributed by atoms with van der Waals surface area (Å²) in [5, 5.41) is 9.58. The van der Waals surface area contributed by atoms with Crippen LogP contribution in [-0.2, 0) is 27.4 Å². The number of aliphatic hydroxyl groups excluding tert-OH is 1. The van der Waals surface area contributed by atoms with Crippen LogP contribution in [0, 0.1) is 0 Å². The lowest BCUT2D eigenvalue weighted by molar-refractivity contribution is -0.105. The minimum Gasteiger partial charge on any atom is -0.498 e. The number of hydrogen-bond donors (Lipinski definition) is 1. The van der Waals surface area contributed by atoms with Crippen molar-refractivity contribution >= 4 is 0 Å². The van der Waals surface area contributed by atoms with Gasteiger partial charge in [0, 0.05) is 5.57 Å².